The van der Waals surface area contributed by atoms with Gasteiger partial charge in [-0.15, -0.1) is 0 Å². The molecule has 0 saturated carbocycles. The van der Waals surface area contributed by atoms with Crippen molar-refractivity contribution in [1.82, 2.24) is 4.90 Å². The van der Waals surface area contributed by atoms with Crippen LogP contribution in [0.5, 0.6) is 5.75 Å². The van der Waals surface area contributed by atoms with Crippen molar-refractivity contribution in [3.8, 4) is 5.75 Å². The van der Waals surface area contributed by atoms with Gasteiger partial charge >= 0.3 is 5.97 Å². The van der Waals surface area contributed by atoms with Gasteiger partial charge in [0.15, 0.2) is 6.61 Å². The summed E-state index contributed by atoms with van der Waals surface area (Å²) >= 11 is 2.04. The highest BCUT2D eigenvalue weighted by atomic mass is 127. The molecule has 1 saturated heterocycles. The molecule has 0 radical (unpaired) electrons. The van der Waals surface area contributed by atoms with E-state index < -0.39 is 5.97 Å². The number of likely N-dealkylation sites (tertiary alicyclic amines) is 1. The van der Waals surface area contributed by atoms with Gasteiger partial charge in [-0.05, 0) is 59.5 Å². The topological polar surface area (TPSA) is 66.8 Å². The normalized spacial score (nSPS) is 18.4. The van der Waals surface area contributed by atoms with E-state index in [2.05, 4.69) is 6.92 Å². The van der Waals surface area contributed by atoms with E-state index in [0.717, 1.165) is 29.5 Å². The van der Waals surface area contributed by atoms with Crippen LogP contribution in [-0.4, -0.2) is 41.6 Å². The van der Waals surface area contributed by atoms with Crippen molar-refractivity contribution >= 4 is 34.5 Å². The lowest BCUT2D eigenvalue weighted by Gasteiger charge is -2.30. The zero-order chi connectivity index (χ0) is 15.4. The minimum atomic E-state index is -1.05. The summed E-state index contributed by atoms with van der Waals surface area (Å²) in [5.41, 5.74) is 0.0849. The Bertz CT molecular complexity index is 546. The molecular formula is C15H18INO4. The largest absolute Gasteiger partial charge is 0.483 e. The third-order valence-corrected chi connectivity index (χ3v) is 4.20. The number of hydrogen-bond donors (Lipinski definition) is 1. The number of nitrogens with zero attached hydrogens (tertiary/aromatic N) is 1. The average Bonchev–Trinajstić information content (AvgIpc) is 2.45. The van der Waals surface area contributed by atoms with E-state index in [1.807, 2.05) is 22.6 Å². The number of rotatable bonds is 4. The zero-order valence-corrected chi connectivity index (χ0v) is 14.0. The minimum Gasteiger partial charge on any atom is -0.483 e. The number of amides is 1. The van der Waals surface area contributed by atoms with Crippen molar-refractivity contribution in [3.05, 3.63) is 27.3 Å². The fourth-order valence-corrected chi connectivity index (χ4v) is 2.93. The Balaban J connectivity index is 1.99. The Labute approximate surface area is 137 Å². The lowest BCUT2D eigenvalue weighted by molar-refractivity contribution is -0.135. The van der Waals surface area contributed by atoms with Crippen LogP contribution in [0.15, 0.2) is 18.2 Å². The number of carboxylic acids is 1. The number of carbonyl (C=O) groups excluding carboxylic acids is 1. The quantitative estimate of drug-likeness (QED) is 0.786. The van der Waals surface area contributed by atoms with Crippen LogP contribution in [-0.2, 0) is 4.79 Å². The van der Waals surface area contributed by atoms with Gasteiger partial charge in [-0.25, -0.2) is 4.79 Å². The van der Waals surface area contributed by atoms with E-state index in [-0.39, 0.29) is 23.8 Å². The molecule has 1 atom stereocenters. The summed E-state index contributed by atoms with van der Waals surface area (Å²) in [6, 6.07) is 4.89. The van der Waals surface area contributed by atoms with E-state index >= 15 is 0 Å². The van der Waals surface area contributed by atoms with Crippen molar-refractivity contribution in [2.24, 2.45) is 5.92 Å². The number of piperidine rings is 1. The molecule has 114 valence electrons. The lowest BCUT2D eigenvalue weighted by atomic mass is 10.0. The number of carboxylic acid groups (broad SMARTS) is 1. The summed E-state index contributed by atoms with van der Waals surface area (Å²) in [5.74, 6) is -0.393. The molecule has 2 rings (SSSR count). The summed E-state index contributed by atoms with van der Waals surface area (Å²) in [4.78, 5) is 25.1. The first-order valence-corrected chi connectivity index (χ1v) is 7.98. The van der Waals surface area contributed by atoms with E-state index in [1.165, 1.54) is 6.07 Å². The van der Waals surface area contributed by atoms with Crippen LogP contribution < -0.4 is 4.74 Å². The third kappa shape index (κ3) is 4.33. The van der Waals surface area contributed by atoms with Crippen LogP contribution >= 0.6 is 22.6 Å². The second-order valence-corrected chi connectivity index (χ2v) is 6.57. The van der Waals surface area contributed by atoms with Crippen LogP contribution in [0.25, 0.3) is 0 Å². The molecule has 5 nitrogen and oxygen atoms in total. The van der Waals surface area contributed by atoms with Gasteiger partial charge in [-0.1, -0.05) is 6.92 Å². The predicted molar refractivity (Wildman–Crippen MR) is 86.6 cm³/mol. The van der Waals surface area contributed by atoms with Crippen molar-refractivity contribution in [1.29, 1.82) is 0 Å². The van der Waals surface area contributed by atoms with Gasteiger partial charge in [-0.2, -0.15) is 0 Å². The zero-order valence-electron chi connectivity index (χ0n) is 11.8. The SMILES string of the molecule is CC1CCCN(C(=O)COc2ccc(I)cc2C(=O)O)C1. The van der Waals surface area contributed by atoms with E-state index in [9.17, 15) is 9.59 Å². The number of carbonyl (C=O) groups is 2. The standard InChI is InChI=1S/C15H18INO4/c1-10-3-2-6-17(8-10)14(18)9-21-13-5-4-11(16)7-12(13)15(19)20/h4-5,7,10H,2-3,6,8-9H2,1H3,(H,19,20). The summed E-state index contributed by atoms with van der Waals surface area (Å²) in [5, 5.41) is 9.16. The Morgan fingerprint density at radius 3 is 2.90 bits per heavy atom. The van der Waals surface area contributed by atoms with Gasteiger partial charge < -0.3 is 14.7 Å². The second kappa shape index (κ2) is 7.11. The summed E-state index contributed by atoms with van der Waals surface area (Å²) < 4.78 is 6.24. The van der Waals surface area contributed by atoms with Gasteiger partial charge in [0.2, 0.25) is 0 Å². The summed E-state index contributed by atoms with van der Waals surface area (Å²) in [6.45, 7) is 3.52. The molecule has 1 heterocycles. The first kappa shape index (κ1) is 16.1. The molecule has 1 unspecified atom stereocenters. The average molecular weight is 403 g/mol. The fraction of sp³-hybridized carbons (Fsp3) is 0.467. The predicted octanol–water partition coefficient (Wildman–Crippen LogP) is 2.63. The first-order valence-electron chi connectivity index (χ1n) is 6.91. The van der Waals surface area contributed by atoms with Gasteiger partial charge in [0.05, 0.1) is 0 Å². The lowest BCUT2D eigenvalue weighted by Crippen LogP contribution is -2.41. The first-order chi connectivity index (χ1) is 9.97. The highest BCUT2D eigenvalue weighted by molar-refractivity contribution is 14.1. The number of halogens is 1. The van der Waals surface area contributed by atoms with Crippen LogP contribution in [0, 0.1) is 9.49 Å². The summed E-state index contributed by atoms with van der Waals surface area (Å²) in [6.07, 6.45) is 2.15. The minimum absolute atomic E-state index is 0.0849. The molecule has 1 aromatic rings. The maximum absolute atomic E-state index is 12.1. The molecule has 0 bridgehead atoms. The van der Waals surface area contributed by atoms with E-state index in [4.69, 9.17) is 9.84 Å². The molecule has 1 aliphatic heterocycles. The van der Waals surface area contributed by atoms with Gasteiger partial charge in [0.1, 0.15) is 11.3 Å². The molecule has 0 aromatic heterocycles. The van der Waals surface area contributed by atoms with Gasteiger partial charge in [-0.3, -0.25) is 4.79 Å². The Morgan fingerprint density at radius 1 is 1.48 bits per heavy atom. The summed E-state index contributed by atoms with van der Waals surface area (Å²) in [7, 11) is 0. The maximum Gasteiger partial charge on any atom is 0.339 e. The van der Waals surface area contributed by atoms with Crippen molar-refractivity contribution in [3.63, 3.8) is 0 Å². The van der Waals surface area contributed by atoms with E-state index in [1.54, 1.807) is 17.0 Å². The molecule has 1 aliphatic rings. The fourth-order valence-electron chi connectivity index (χ4n) is 2.44. The molecule has 0 spiro atoms. The molecule has 1 amide bonds. The molecule has 1 fully saturated rings. The van der Waals surface area contributed by atoms with Crippen LogP contribution in [0.3, 0.4) is 0 Å². The van der Waals surface area contributed by atoms with Gasteiger partial charge in [0.25, 0.3) is 5.91 Å². The second-order valence-electron chi connectivity index (χ2n) is 5.32. The number of benzene rings is 1. The Hall–Kier alpha value is -1.31. The monoisotopic (exact) mass is 403 g/mol. The number of aromatic carboxylic acids is 1. The molecular weight excluding hydrogens is 385 g/mol. The van der Waals surface area contributed by atoms with Crippen molar-refractivity contribution < 1.29 is 19.4 Å². The molecule has 6 heteroatoms. The van der Waals surface area contributed by atoms with Crippen LogP contribution in [0.1, 0.15) is 30.1 Å². The van der Waals surface area contributed by atoms with Crippen molar-refractivity contribution in [2.75, 3.05) is 19.7 Å². The Morgan fingerprint density at radius 2 is 2.24 bits per heavy atom. The smallest absolute Gasteiger partial charge is 0.339 e. The molecule has 0 aliphatic carbocycles. The van der Waals surface area contributed by atoms with E-state index in [0.29, 0.717) is 5.92 Å². The van der Waals surface area contributed by atoms with Crippen LogP contribution in [0.4, 0.5) is 0 Å². The van der Waals surface area contributed by atoms with Crippen molar-refractivity contribution in [2.45, 2.75) is 19.8 Å². The molecule has 1 N–H and O–H groups in total. The highest BCUT2D eigenvalue weighted by Crippen LogP contribution is 2.22. The molecule has 1 aromatic carbocycles. The number of ether oxygens (including phenoxy) is 1. The van der Waals surface area contributed by atoms with Gasteiger partial charge in [0, 0.05) is 16.7 Å². The Kier molecular flexibility index (Phi) is 5.44. The maximum atomic E-state index is 12.1. The third-order valence-electron chi connectivity index (χ3n) is 3.53. The highest BCUT2D eigenvalue weighted by Gasteiger charge is 2.22. The molecule has 21 heavy (non-hydrogen) atoms. The number of hydrogen-bond acceptors (Lipinski definition) is 3. The van der Waals surface area contributed by atoms with Crippen LogP contribution in [0.2, 0.25) is 0 Å².